The first kappa shape index (κ1) is 20.6. The van der Waals surface area contributed by atoms with Gasteiger partial charge in [-0.15, -0.1) is 0 Å². The zero-order chi connectivity index (χ0) is 20.5. The molecule has 1 saturated heterocycles. The van der Waals surface area contributed by atoms with Crippen LogP contribution in [0.25, 0.3) is 6.08 Å². The molecule has 0 spiro atoms. The predicted octanol–water partition coefficient (Wildman–Crippen LogP) is 2.22. The summed E-state index contributed by atoms with van der Waals surface area (Å²) in [5, 5.41) is 5.77. The number of hydrogen-bond donors (Lipinski definition) is 2. The summed E-state index contributed by atoms with van der Waals surface area (Å²) in [5.41, 5.74) is 2.01. The second kappa shape index (κ2) is 10.4. The molecule has 6 heteroatoms. The van der Waals surface area contributed by atoms with Crippen LogP contribution < -0.4 is 15.4 Å². The summed E-state index contributed by atoms with van der Waals surface area (Å²) in [5.74, 6) is 0.573. The van der Waals surface area contributed by atoms with Gasteiger partial charge in [0, 0.05) is 31.7 Å². The lowest BCUT2D eigenvalue weighted by Crippen LogP contribution is -2.56. The fourth-order valence-electron chi connectivity index (χ4n) is 3.37. The summed E-state index contributed by atoms with van der Waals surface area (Å²) in [6, 6.07) is 17.0. The first-order valence-electron chi connectivity index (χ1n) is 9.79. The van der Waals surface area contributed by atoms with E-state index in [-0.39, 0.29) is 18.2 Å². The molecule has 0 saturated carbocycles. The Morgan fingerprint density at radius 3 is 2.76 bits per heavy atom. The predicted molar refractivity (Wildman–Crippen MR) is 113 cm³/mol. The van der Waals surface area contributed by atoms with E-state index in [2.05, 4.69) is 10.6 Å². The largest absolute Gasteiger partial charge is 0.496 e. The van der Waals surface area contributed by atoms with Gasteiger partial charge >= 0.3 is 0 Å². The van der Waals surface area contributed by atoms with Crippen molar-refractivity contribution in [2.75, 3.05) is 26.7 Å². The zero-order valence-corrected chi connectivity index (χ0v) is 16.6. The van der Waals surface area contributed by atoms with E-state index >= 15 is 0 Å². The lowest BCUT2D eigenvalue weighted by Gasteiger charge is -2.33. The number of nitrogens with zero attached hydrogens (tertiary/aromatic N) is 1. The van der Waals surface area contributed by atoms with Gasteiger partial charge in [-0.05, 0) is 11.6 Å². The molecule has 1 unspecified atom stereocenters. The van der Waals surface area contributed by atoms with Crippen LogP contribution in [0, 0.1) is 0 Å². The average Bonchev–Trinajstić information content (AvgIpc) is 2.75. The Bertz CT molecular complexity index is 851. The highest BCUT2D eigenvalue weighted by Gasteiger charge is 2.30. The zero-order valence-electron chi connectivity index (χ0n) is 16.6. The number of piperazine rings is 1. The van der Waals surface area contributed by atoms with Crippen LogP contribution in [0.4, 0.5) is 0 Å². The smallest absolute Gasteiger partial charge is 0.237 e. The lowest BCUT2D eigenvalue weighted by atomic mass is 10.1. The quantitative estimate of drug-likeness (QED) is 0.722. The number of para-hydroxylation sites is 1. The average molecular weight is 393 g/mol. The molecule has 6 nitrogen and oxygen atoms in total. The number of ether oxygens (including phenoxy) is 1. The number of benzene rings is 2. The van der Waals surface area contributed by atoms with Gasteiger partial charge in [0.15, 0.2) is 0 Å². The monoisotopic (exact) mass is 393 g/mol. The molecule has 2 aromatic rings. The van der Waals surface area contributed by atoms with Gasteiger partial charge in [-0.1, -0.05) is 60.7 Å². The second-order valence-electron chi connectivity index (χ2n) is 6.91. The third kappa shape index (κ3) is 5.93. The minimum Gasteiger partial charge on any atom is -0.496 e. The molecule has 0 radical (unpaired) electrons. The molecule has 152 valence electrons. The van der Waals surface area contributed by atoms with Gasteiger partial charge in [0.05, 0.1) is 19.6 Å². The van der Waals surface area contributed by atoms with Crippen molar-refractivity contribution in [2.45, 2.75) is 19.0 Å². The Morgan fingerprint density at radius 1 is 1.21 bits per heavy atom. The molecule has 2 amide bonds. The van der Waals surface area contributed by atoms with Crippen LogP contribution in [0.3, 0.4) is 0 Å². The third-order valence-electron chi connectivity index (χ3n) is 4.93. The van der Waals surface area contributed by atoms with E-state index in [0.717, 1.165) is 16.9 Å². The number of amides is 2. The summed E-state index contributed by atoms with van der Waals surface area (Å²) in [6.45, 7) is 2.34. The van der Waals surface area contributed by atoms with Crippen LogP contribution in [0.5, 0.6) is 5.75 Å². The van der Waals surface area contributed by atoms with E-state index in [1.807, 2.05) is 71.6 Å². The van der Waals surface area contributed by atoms with E-state index in [4.69, 9.17) is 4.74 Å². The molecule has 0 aliphatic carbocycles. The number of carbonyl (C=O) groups is 2. The Labute approximate surface area is 171 Å². The molecule has 1 aliphatic rings. The van der Waals surface area contributed by atoms with Gasteiger partial charge in [-0.25, -0.2) is 0 Å². The van der Waals surface area contributed by atoms with Gasteiger partial charge < -0.3 is 15.4 Å². The van der Waals surface area contributed by atoms with Crippen LogP contribution in [-0.2, 0) is 16.1 Å². The normalized spacial score (nSPS) is 17.1. The van der Waals surface area contributed by atoms with Crippen molar-refractivity contribution in [3.8, 4) is 5.75 Å². The SMILES string of the molecule is COc1ccccc1C=CCN1CCNC(=O)C1CC(=O)NCc1ccccc1. The summed E-state index contributed by atoms with van der Waals surface area (Å²) in [7, 11) is 1.64. The van der Waals surface area contributed by atoms with Crippen molar-refractivity contribution in [1.82, 2.24) is 15.5 Å². The van der Waals surface area contributed by atoms with Gasteiger partial charge in [0.1, 0.15) is 5.75 Å². The number of hydrogen-bond acceptors (Lipinski definition) is 4. The summed E-state index contributed by atoms with van der Waals surface area (Å²) in [4.78, 5) is 26.8. The molecule has 1 aliphatic heterocycles. The van der Waals surface area contributed by atoms with Crippen LogP contribution in [-0.4, -0.2) is 49.5 Å². The Kier molecular flexibility index (Phi) is 7.41. The molecule has 3 rings (SSSR count). The van der Waals surface area contributed by atoms with Gasteiger partial charge in [0.2, 0.25) is 11.8 Å². The highest BCUT2D eigenvalue weighted by Crippen LogP contribution is 2.19. The maximum atomic E-state index is 12.4. The van der Waals surface area contributed by atoms with Crippen LogP contribution in [0.2, 0.25) is 0 Å². The van der Waals surface area contributed by atoms with Crippen LogP contribution in [0.1, 0.15) is 17.5 Å². The molecule has 29 heavy (non-hydrogen) atoms. The van der Waals surface area contributed by atoms with E-state index in [0.29, 0.717) is 26.2 Å². The fraction of sp³-hybridized carbons (Fsp3) is 0.304. The molecule has 0 aromatic heterocycles. The van der Waals surface area contributed by atoms with Crippen molar-refractivity contribution in [2.24, 2.45) is 0 Å². The number of rotatable bonds is 8. The van der Waals surface area contributed by atoms with E-state index in [1.54, 1.807) is 7.11 Å². The first-order chi connectivity index (χ1) is 14.2. The Morgan fingerprint density at radius 2 is 1.97 bits per heavy atom. The fourth-order valence-corrected chi connectivity index (χ4v) is 3.37. The van der Waals surface area contributed by atoms with Crippen molar-refractivity contribution in [1.29, 1.82) is 0 Å². The van der Waals surface area contributed by atoms with Gasteiger partial charge in [-0.3, -0.25) is 14.5 Å². The van der Waals surface area contributed by atoms with Crippen LogP contribution >= 0.6 is 0 Å². The third-order valence-corrected chi connectivity index (χ3v) is 4.93. The molecule has 0 bridgehead atoms. The molecule has 1 heterocycles. The second-order valence-corrected chi connectivity index (χ2v) is 6.91. The van der Waals surface area contributed by atoms with Crippen molar-refractivity contribution >= 4 is 17.9 Å². The molecular weight excluding hydrogens is 366 g/mol. The van der Waals surface area contributed by atoms with E-state index in [9.17, 15) is 9.59 Å². The summed E-state index contributed by atoms with van der Waals surface area (Å²) >= 11 is 0. The van der Waals surface area contributed by atoms with Crippen LogP contribution in [0.15, 0.2) is 60.7 Å². The minimum atomic E-state index is -0.471. The standard InChI is InChI=1S/C23H27N3O3/c1-29-21-12-6-5-10-19(21)11-7-14-26-15-13-24-23(28)20(26)16-22(27)25-17-18-8-3-2-4-9-18/h2-12,20H,13-17H2,1H3,(H,24,28)(H,25,27). The Balaban J connectivity index is 1.57. The highest BCUT2D eigenvalue weighted by atomic mass is 16.5. The maximum Gasteiger partial charge on any atom is 0.237 e. The molecular formula is C23H27N3O3. The van der Waals surface area contributed by atoms with Gasteiger partial charge in [-0.2, -0.15) is 0 Å². The molecule has 2 aromatic carbocycles. The molecule has 1 fully saturated rings. The van der Waals surface area contributed by atoms with Gasteiger partial charge in [0.25, 0.3) is 0 Å². The summed E-state index contributed by atoms with van der Waals surface area (Å²) in [6.07, 6.45) is 4.13. The van der Waals surface area contributed by atoms with E-state index < -0.39 is 6.04 Å². The number of methoxy groups -OCH3 is 1. The number of nitrogens with one attached hydrogen (secondary N) is 2. The lowest BCUT2D eigenvalue weighted by molar-refractivity contribution is -0.133. The molecule has 1 atom stereocenters. The maximum absolute atomic E-state index is 12.4. The topological polar surface area (TPSA) is 70.7 Å². The Hall–Kier alpha value is -3.12. The summed E-state index contributed by atoms with van der Waals surface area (Å²) < 4.78 is 5.36. The van der Waals surface area contributed by atoms with E-state index in [1.165, 1.54) is 0 Å². The number of carbonyl (C=O) groups excluding carboxylic acids is 2. The highest BCUT2D eigenvalue weighted by molar-refractivity contribution is 5.88. The first-order valence-corrected chi connectivity index (χ1v) is 9.79. The minimum absolute atomic E-state index is 0.100. The molecule has 2 N–H and O–H groups in total. The van der Waals surface area contributed by atoms with Crippen molar-refractivity contribution in [3.05, 3.63) is 71.8 Å². The van der Waals surface area contributed by atoms with Crippen molar-refractivity contribution < 1.29 is 14.3 Å². The van der Waals surface area contributed by atoms with Crippen molar-refractivity contribution in [3.63, 3.8) is 0 Å².